The summed E-state index contributed by atoms with van der Waals surface area (Å²) in [6.45, 7) is 8.50. The van der Waals surface area contributed by atoms with E-state index in [1.165, 1.54) is 23.2 Å². The van der Waals surface area contributed by atoms with Gasteiger partial charge in [0.15, 0.2) is 10.9 Å². The molecule has 0 radical (unpaired) electrons. The SMILES string of the molecule is CC(C)c1ccc(C(NC(=O)Cc2csc(NC(=O)c3ccco3)n2)C(C)C)cc1. The zero-order chi connectivity index (χ0) is 21.7. The van der Waals surface area contributed by atoms with Gasteiger partial charge in [0.1, 0.15) is 0 Å². The summed E-state index contributed by atoms with van der Waals surface area (Å²) in [5.74, 6) is 0.467. The molecule has 1 aromatic carbocycles. The van der Waals surface area contributed by atoms with Gasteiger partial charge in [-0.25, -0.2) is 4.98 Å². The lowest BCUT2D eigenvalue weighted by Crippen LogP contribution is -2.33. The molecule has 0 spiro atoms. The number of hydrogen-bond donors (Lipinski definition) is 2. The number of hydrogen-bond acceptors (Lipinski definition) is 5. The number of carbonyl (C=O) groups is 2. The first-order valence-corrected chi connectivity index (χ1v) is 10.9. The number of aromatic nitrogens is 1. The second kappa shape index (κ2) is 9.71. The molecular formula is C23H27N3O3S. The van der Waals surface area contributed by atoms with Crippen LogP contribution in [0.15, 0.2) is 52.5 Å². The van der Waals surface area contributed by atoms with Crippen LogP contribution in [-0.2, 0) is 11.2 Å². The lowest BCUT2D eigenvalue weighted by molar-refractivity contribution is -0.121. The number of carbonyl (C=O) groups excluding carboxylic acids is 2. The molecule has 158 valence electrons. The molecule has 6 nitrogen and oxygen atoms in total. The predicted octanol–water partition coefficient (Wildman–Crippen LogP) is 5.17. The topological polar surface area (TPSA) is 84.2 Å². The van der Waals surface area contributed by atoms with Crippen molar-refractivity contribution in [3.63, 3.8) is 0 Å². The molecule has 0 aliphatic rings. The van der Waals surface area contributed by atoms with Crippen molar-refractivity contribution in [2.45, 2.75) is 46.1 Å². The van der Waals surface area contributed by atoms with Crippen LogP contribution in [-0.4, -0.2) is 16.8 Å². The van der Waals surface area contributed by atoms with Crippen LogP contribution in [0.25, 0.3) is 0 Å². The summed E-state index contributed by atoms with van der Waals surface area (Å²) in [5.41, 5.74) is 2.98. The average Bonchev–Trinajstić information content (AvgIpc) is 3.38. The summed E-state index contributed by atoms with van der Waals surface area (Å²) >= 11 is 1.28. The van der Waals surface area contributed by atoms with E-state index < -0.39 is 0 Å². The molecule has 3 aromatic rings. The Morgan fingerprint density at radius 1 is 1.07 bits per heavy atom. The standard InChI is InChI=1S/C23H27N3O3S/c1-14(2)16-7-9-17(10-8-16)21(15(3)4)25-20(27)12-18-13-30-23(24-18)26-22(28)19-6-5-11-29-19/h5-11,13-15,21H,12H2,1-4H3,(H,25,27)(H,24,26,28). The molecule has 0 saturated carbocycles. The van der Waals surface area contributed by atoms with E-state index in [1.807, 2.05) is 0 Å². The Bertz CT molecular complexity index is 976. The summed E-state index contributed by atoms with van der Waals surface area (Å²) in [6, 6.07) is 11.6. The van der Waals surface area contributed by atoms with E-state index in [0.29, 0.717) is 16.7 Å². The zero-order valence-corrected chi connectivity index (χ0v) is 18.5. The Hall–Kier alpha value is -2.93. The highest BCUT2D eigenvalue weighted by Crippen LogP contribution is 2.24. The second-order valence-corrected chi connectivity index (χ2v) is 8.72. The normalized spacial score (nSPS) is 12.2. The molecule has 2 amide bonds. The molecule has 2 aromatic heterocycles. The minimum absolute atomic E-state index is 0.0736. The maximum absolute atomic E-state index is 12.6. The van der Waals surface area contributed by atoms with Crippen LogP contribution in [0.3, 0.4) is 0 Å². The average molecular weight is 426 g/mol. The van der Waals surface area contributed by atoms with Crippen molar-refractivity contribution in [1.82, 2.24) is 10.3 Å². The highest BCUT2D eigenvalue weighted by Gasteiger charge is 2.20. The lowest BCUT2D eigenvalue weighted by atomic mass is 9.93. The van der Waals surface area contributed by atoms with Gasteiger partial charge in [-0.1, -0.05) is 52.0 Å². The predicted molar refractivity (Wildman–Crippen MR) is 119 cm³/mol. The van der Waals surface area contributed by atoms with E-state index in [2.05, 4.69) is 67.6 Å². The third-order valence-electron chi connectivity index (χ3n) is 4.80. The summed E-state index contributed by atoms with van der Waals surface area (Å²) in [7, 11) is 0. The molecule has 0 aliphatic heterocycles. The van der Waals surface area contributed by atoms with Crippen LogP contribution >= 0.6 is 11.3 Å². The lowest BCUT2D eigenvalue weighted by Gasteiger charge is -2.23. The first kappa shape index (κ1) is 21.8. The Balaban J connectivity index is 1.60. The van der Waals surface area contributed by atoms with Crippen LogP contribution in [0, 0.1) is 5.92 Å². The third kappa shape index (κ3) is 5.57. The van der Waals surface area contributed by atoms with Gasteiger partial charge in [0.05, 0.1) is 24.4 Å². The van der Waals surface area contributed by atoms with Gasteiger partial charge >= 0.3 is 0 Å². The molecule has 1 unspecified atom stereocenters. The number of nitrogens with zero attached hydrogens (tertiary/aromatic N) is 1. The highest BCUT2D eigenvalue weighted by atomic mass is 32.1. The molecular weight excluding hydrogens is 398 g/mol. The van der Waals surface area contributed by atoms with E-state index in [0.717, 1.165) is 5.56 Å². The molecule has 3 rings (SSSR count). The van der Waals surface area contributed by atoms with Crippen molar-refractivity contribution in [1.29, 1.82) is 0 Å². The largest absolute Gasteiger partial charge is 0.459 e. The van der Waals surface area contributed by atoms with Crippen molar-refractivity contribution < 1.29 is 14.0 Å². The van der Waals surface area contributed by atoms with E-state index in [-0.39, 0.29) is 36.0 Å². The van der Waals surface area contributed by atoms with E-state index >= 15 is 0 Å². The van der Waals surface area contributed by atoms with Crippen molar-refractivity contribution in [3.05, 3.63) is 70.6 Å². The Kier molecular flexibility index (Phi) is 7.05. The molecule has 2 N–H and O–H groups in total. The van der Waals surface area contributed by atoms with E-state index in [9.17, 15) is 9.59 Å². The van der Waals surface area contributed by atoms with Crippen molar-refractivity contribution in [2.24, 2.45) is 5.92 Å². The summed E-state index contributed by atoms with van der Waals surface area (Å²) < 4.78 is 5.07. The van der Waals surface area contributed by atoms with E-state index in [4.69, 9.17) is 4.42 Å². The maximum Gasteiger partial charge on any atom is 0.293 e. The molecule has 2 heterocycles. The molecule has 30 heavy (non-hydrogen) atoms. The number of furan rings is 1. The van der Waals surface area contributed by atoms with Gasteiger partial charge in [-0.2, -0.15) is 0 Å². The van der Waals surface area contributed by atoms with Crippen LogP contribution in [0.1, 0.15) is 67.0 Å². The number of thiazole rings is 1. The summed E-state index contributed by atoms with van der Waals surface area (Å²) in [6.07, 6.45) is 1.59. The fraction of sp³-hybridized carbons (Fsp3) is 0.348. The van der Waals surface area contributed by atoms with Crippen LogP contribution < -0.4 is 10.6 Å². The first-order chi connectivity index (χ1) is 14.3. The van der Waals surface area contributed by atoms with Crippen molar-refractivity contribution in [3.8, 4) is 0 Å². The minimum atomic E-state index is -0.366. The third-order valence-corrected chi connectivity index (χ3v) is 5.61. The number of rotatable bonds is 8. The fourth-order valence-corrected chi connectivity index (χ4v) is 3.83. The number of benzene rings is 1. The van der Waals surface area contributed by atoms with Gasteiger partial charge in [-0.05, 0) is 35.1 Å². The van der Waals surface area contributed by atoms with Gasteiger partial charge in [-0.15, -0.1) is 11.3 Å². The van der Waals surface area contributed by atoms with Crippen molar-refractivity contribution in [2.75, 3.05) is 5.32 Å². The molecule has 0 aliphatic carbocycles. The fourth-order valence-electron chi connectivity index (χ4n) is 3.12. The molecule has 0 fully saturated rings. The summed E-state index contributed by atoms with van der Waals surface area (Å²) in [5, 5.41) is 8.02. The number of nitrogens with one attached hydrogen (secondary N) is 2. The van der Waals surface area contributed by atoms with Gasteiger partial charge in [0.25, 0.3) is 5.91 Å². The second-order valence-electron chi connectivity index (χ2n) is 7.86. The highest BCUT2D eigenvalue weighted by molar-refractivity contribution is 7.14. The van der Waals surface area contributed by atoms with E-state index in [1.54, 1.807) is 17.5 Å². The maximum atomic E-state index is 12.6. The first-order valence-electron chi connectivity index (χ1n) is 10.0. The molecule has 7 heteroatoms. The monoisotopic (exact) mass is 425 g/mol. The van der Waals surface area contributed by atoms with Crippen LogP contribution in [0.5, 0.6) is 0 Å². The van der Waals surface area contributed by atoms with Crippen molar-refractivity contribution >= 4 is 28.3 Å². The van der Waals surface area contributed by atoms with Gasteiger partial charge < -0.3 is 9.73 Å². The van der Waals surface area contributed by atoms with Gasteiger partial charge in [0, 0.05) is 5.38 Å². The number of anilines is 1. The Morgan fingerprint density at radius 3 is 2.37 bits per heavy atom. The Labute approximate surface area is 180 Å². The van der Waals surface area contributed by atoms with Crippen LogP contribution in [0.4, 0.5) is 5.13 Å². The van der Waals surface area contributed by atoms with Gasteiger partial charge in [-0.3, -0.25) is 14.9 Å². The van der Waals surface area contributed by atoms with Crippen LogP contribution in [0.2, 0.25) is 0 Å². The Morgan fingerprint density at radius 2 is 1.77 bits per heavy atom. The summed E-state index contributed by atoms with van der Waals surface area (Å²) in [4.78, 5) is 29.0. The quantitative estimate of drug-likeness (QED) is 0.522. The molecule has 0 saturated heterocycles. The molecule has 0 bridgehead atoms. The molecule has 1 atom stereocenters. The number of amides is 2. The zero-order valence-electron chi connectivity index (χ0n) is 17.6. The smallest absolute Gasteiger partial charge is 0.293 e. The minimum Gasteiger partial charge on any atom is -0.459 e. The van der Waals surface area contributed by atoms with Gasteiger partial charge in [0.2, 0.25) is 5.91 Å².